The van der Waals surface area contributed by atoms with Crippen molar-refractivity contribution in [2.75, 3.05) is 0 Å². The lowest BCUT2D eigenvalue weighted by Gasteiger charge is -2.31. The molecule has 13 heavy (non-hydrogen) atoms. The SMILES string of the molecule is CCCC1(O)CCCc2occc21. The lowest BCUT2D eigenvalue weighted by atomic mass is 9.80. The van der Waals surface area contributed by atoms with Crippen LogP contribution in [0.25, 0.3) is 0 Å². The van der Waals surface area contributed by atoms with Gasteiger partial charge in [0.25, 0.3) is 0 Å². The van der Waals surface area contributed by atoms with Gasteiger partial charge in [-0.2, -0.15) is 0 Å². The molecule has 1 unspecified atom stereocenters. The summed E-state index contributed by atoms with van der Waals surface area (Å²) in [6, 6.07) is 1.92. The highest BCUT2D eigenvalue weighted by atomic mass is 16.3. The zero-order valence-electron chi connectivity index (χ0n) is 8.05. The van der Waals surface area contributed by atoms with Crippen LogP contribution in [0.1, 0.15) is 43.9 Å². The average molecular weight is 180 g/mol. The minimum atomic E-state index is -0.602. The van der Waals surface area contributed by atoms with Crippen molar-refractivity contribution in [3.8, 4) is 0 Å². The molecule has 0 radical (unpaired) electrons. The third kappa shape index (κ3) is 1.39. The van der Waals surface area contributed by atoms with E-state index in [-0.39, 0.29) is 0 Å². The first-order valence-electron chi connectivity index (χ1n) is 5.05. The van der Waals surface area contributed by atoms with Gasteiger partial charge in [-0.25, -0.2) is 0 Å². The molecule has 2 nitrogen and oxygen atoms in total. The van der Waals surface area contributed by atoms with Gasteiger partial charge in [0.05, 0.1) is 11.9 Å². The first-order valence-corrected chi connectivity index (χ1v) is 5.05. The van der Waals surface area contributed by atoms with Crippen LogP contribution in [0.5, 0.6) is 0 Å². The molecule has 1 aliphatic rings. The molecule has 1 aromatic rings. The summed E-state index contributed by atoms with van der Waals surface area (Å²) in [5.74, 6) is 0.988. The maximum absolute atomic E-state index is 10.4. The monoisotopic (exact) mass is 180 g/mol. The van der Waals surface area contributed by atoms with Gasteiger partial charge in [-0.3, -0.25) is 0 Å². The van der Waals surface area contributed by atoms with Crippen molar-refractivity contribution in [3.63, 3.8) is 0 Å². The third-order valence-electron chi connectivity index (χ3n) is 2.90. The van der Waals surface area contributed by atoms with Crippen molar-refractivity contribution in [2.24, 2.45) is 0 Å². The average Bonchev–Trinajstić information content (AvgIpc) is 2.54. The molecule has 0 saturated heterocycles. The molecule has 0 bridgehead atoms. The van der Waals surface area contributed by atoms with Gasteiger partial charge in [0.2, 0.25) is 0 Å². The Morgan fingerprint density at radius 2 is 2.46 bits per heavy atom. The second-order valence-corrected chi connectivity index (χ2v) is 3.89. The highest BCUT2D eigenvalue weighted by Gasteiger charge is 2.34. The standard InChI is InChI=1S/C11H16O2/c1-2-6-11(12)7-3-4-10-9(11)5-8-13-10/h5,8,12H,2-4,6-7H2,1H3. The van der Waals surface area contributed by atoms with Crippen molar-refractivity contribution in [1.82, 2.24) is 0 Å². The zero-order valence-corrected chi connectivity index (χ0v) is 8.05. The van der Waals surface area contributed by atoms with Crippen molar-refractivity contribution < 1.29 is 9.52 Å². The fraction of sp³-hybridized carbons (Fsp3) is 0.636. The predicted octanol–water partition coefficient (Wildman–Crippen LogP) is 2.60. The molecule has 1 aromatic heterocycles. The number of hydrogen-bond acceptors (Lipinski definition) is 2. The summed E-state index contributed by atoms with van der Waals surface area (Å²) < 4.78 is 5.34. The van der Waals surface area contributed by atoms with Gasteiger partial charge in [-0.05, 0) is 25.3 Å². The number of rotatable bonds is 2. The van der Waals surface area contributed by atoms with Crippen LogP contribution in [0.4, 0.5) is 0 Å². The van der Waals surface area contributed by atoms with E-state index in [1.807, 2.05) is 6.07 Å². The summed E-state index contributed by atoms with van der Waals surface area (Å²) in [6.45, 7) is 2.10. The van der Waals surface area contributed by atoms with Crippen LogP contribution < -0.4 is 0 Å². The largest absolute Gasteiger partial charge is 0.469 e. The molecule has 1 N–H and O–H groups in total. The van der Waals surface area contributed by atoms with Crippen LogP contribution in [0, 0.1) is 0 Å². The molecular weight excluding hydrogens is 164 g/mol. The van der Waals surface area contributed by atoms with Gasteiger partial charge in [0.1, 0.15) is 5.76 Å². The summed E-state index contributed by atoms with van der Waals surface area (Å²) in [6.07, 6.45) is 6.45. The number of furan rings is 1. The second kappa shape index (κ2) is 3.18. The second-order valence-electron chi connectivity index (χ2n) is 3.89. The number of aliphatic hydroxyl groups is 1. The fourth-order valence-electron chi connectivity index (χ4n) is 2.30. The first kappa shape index (κ1) is 8.82. The Morgan fingerprint density at radius 3 is 3.23 bits per heavy atom. The van der Waals surface area contributed by atoms with E-state index in [4.69, 9.17) is 4.42 Å². The Bertz CT molecular complexity index is 290. The molecule has 0 aromatic carbocycles. The zero-order chi connectivity index (χ0) is 9.31. The highest BCUT2D eigenvalue weighted by molar-refractivity contribution is 5.27. The fourth-order valence-corrected chi connectivity index (χ4v) is 2.30. The van der Waals surface area contributed by atoms with E-state index in [1.165, 1.54) is 0 Å². The predicted molar refractivity (Wildman–Crippen MR) is 50.5 cm³/mol. The van der Waals surface area contributed by atoms with E-state index >= 15 is 0 Å². The van der Waals surface area contributed by atoms with Crippen LogP contribution in [0.15, 0.2) is 16.7 Å². The first-order chi connectivity index (χ1) is 6.26. The Hall–Kier alpha value is -0.760. The van der Waals surface area contributed by atoms with Gasteiger partial charge >= 0.3 is 0 Å². The molecule has 72 valence electrons. The number of hydrogen-bond donors (Lipinski definition) is 1. The summed E-state index contributed by atoms with van der Waals surface area (Å²) in [7, 11) is 0. The topological polar surface area (TPSA) is 33.4 Å². The smallest absolute Gasteiger partial charge is 0.109 e. The molecule has 1 aliphatic carbocycles. The summed E-state index contributed by atoms with van der Waals surface area (Å²) >= 11 is 0. The molecule has 0 fully saturated rings. The number of aryl methyl sites for hydroxylation is 1. The van der Waals surface area contributed by atoms with Crippen molar-refractivity contribution >= 4 is 0 Å². The van der Waals surface area contributed by atoms with Crippen LogP contribution in [-0.4, -0.2) is 5.11 Å². The third-order valence-corrected chi connectivity index (χ3v) is 2.90. The molecule has 2 rings (SSSR count). The Labute approximate surface area is 78.6 Å². The van der Waals surface area contributed by atoms with Crippen molar-refractivity contribution in [3.05, 3.63) is 23.7 Å². The minimum absolute atomic E-state index is 0.602. The molecular formula is C11H16O2. The molecule has 0 aliphatic heterocycles. The van der Waals surface area contributed by atoms with Gasteiger partial charge in [0.15, 0.2) is 0 Å². The van der Waals surface area contributed by atoms with Gasteiger partial charge in [-0.15, -0.1) is 0 Å². The molecule has 1 heterocycles. The van der Waals surface area contributed by atoms with Crippen molar-refractivity contribution in [1.29, 1.82) is 0 Å². The maximum Gasteiger partial charge on any atom is 0.109 e. The van der Waals surface area contributed by atoms with E-state index in [0.717, 1.165) is 43.4 Å². The molecule has 0 spiro atoms. The van der Waals surface area contributed by atoms with Gasteiger partial charge < -0.3 is 9.52 Å². The van der Waals surface area contributed by atoms with E-state index in [9.17, 15) is 5.11 Å². The Balaban J connectivity index is 2.33. The summed E-state index contributed by atoms with van der Waals surface area (Å²) in [5.41, 5.74) is 0.426. The van der Waals surface area contributed by atoms with Gasteiger partial charge in [-0.1, -0.05) is 13.3 Å². The normalized spacial score (nSPS) is 27.2. The summed E-state index contributed by atoms with van der Waals surface area (Å²) in [5, 5.41) is 10.4. The minimum Gasteiger partial charge on any atom is -0.469 e. The number of fused-ring (bicyclic) bond motifs is 1. The highest BCUT2D eigenvalue weighted by Crippen LogP contribution is 2.38. The molecule has 0 saturated carbocycles. The van der Waals surface area contributed by atoms with E-state index in [2.05, 4.69) is 6.92 Å². The quantitative estimate of drug-likeness (QED) is 0.759. The van der Waals surface area contributed by atoms with E-state index < -0.39 is 5.60 Å². The van der Waals surface area contributed by atoms with Crippen LogP contribution >= 0.6 is 0 Å². The maximum atomic E-state index is 10.4. The Morgan fingerprint density at radius 1 is 1.62 bits per heavy atom. The van der Waals surface area contributed by atoms with Crippen LogP contribution in [-0.2, 0) is 12.0 Å². The lowest BCUT2D eigenvalue weighted by Crippen LogP contribution is -2.29. The van der Waals surface area contributed by atoms with E-state index in [1.54, 1.807) is 6.26 Å². The van der Waals surface area contributed by atoms with E-state index in [0.29, 0.717) is 0 Å². The van der Waals surface area contributed by atoms with Crippen molar-refractivity contribution in [2.45, 2.75) is 44.6 Å². The Kier molecular flexibility index (Phi) is 2.16. The van der Waals surface area contributed by atoms with Crippen LogP contribution in [0.3, 0.4) is 0 Å². The lowest BCUT2D eigenvalue weighted by molar-refractivity contribution is 0.00730. The molecule has 0 amide bonds. The molecule has 2 heteroatoms. The summed E-state index contributed by atoms with van der Waals surface area (Å²) in [4.78, 5) is 0. The van der Waals surface area contributed by atoms with Crippen LogP contribution in [0.2, 0.25) is 0 Å². The molecule has 1 atom stereocenters. The van der Waals surface area contributed by atoms with Gasteiger partial charge in [0, 0.05) is 12.0 Å².